The smallest absolute Gasteiger partial charge is 0.129 e. The number of hydrogen-bond acceptors (Lipinski definition) is 3. The lowest BCUT2D eigenvalue weighted by Gasteiger charge is -2.09. The van der Waals surface area contributed by atoms with Crippen molar-refractivity contribution in [3.8, 4) is 5.75 Å². The average molecular weight is 230 g/mol. The molecule has 90 valence electrons. The van der Waals surface area contributed by atoms with Crippen LogP contribution in [-0.4, -0.2) is 18.6 Å². The standard InChI is InChI=1S/C14H18N2O/c1-4-7-15-14-10(2)8-11-9-12(17-3)5-6-13(11)16-14/h5-6,8-9H,4,7H2,1-3H3,(H,15,16). The maximum atomic E-state index is 5.21. The normalized spacial score (nSPS) is 10.5. The van der Waals surface area contributed by atoms with Gasteiger partial charge in [0.25, 0.3) is 0 Å². The van der Waals surface area contributed by atoms with E-state index >= 15 is 0 Å². The zero-order valence-corrected chi connectivity index (χ0v) is 10.6. The van der Waals surface area contributed by atoms with Crippen LogP contribution in [0.1, 0.15) is 18.9 Å². The maximum Gasteiger partial charge on any atom is 0.129 e. The number of nitrogens with zero attached hydrogens (tertiary/aromatic N) is 1. The molecule has 0 saturated carbocycles. The minimum Gasteiger partial charge on any atom is -0.497 e. The van der Waals surface area contributed by atoms with E-state index in [-0.39, 0.29) is 0 Å². The minimum atomic E-state index is 0.868. The molecule has 0 bridgehead atoms. The zero-order chi connectivity index (χ0) is 12.3. The first kappa shape index (κ1) is 11.7. The van der Waals surface area contributed by atoms with Crippen LogP contribution in [0.2, 0.25) is 0 Å². The Morgan fingerprint density at radius 3 is 2.82 bits per heavy atom. The largest absolute Gasteiger partial charge is 0.497 e. The lowest BCUT2D eigenvalue weighted by molar-refractivity contribution is 0.415. The van der Waals surface area contributed by atoms with Gasteiger partial charge in [0, 0.05) is 11.9 Å². The van der Waals surface area contributed by atoms with Crippen molar-refractivity contribution < 1.29 is 4.74 Å². The van der Waals surface area contributed by atoms with Gasteiger partial charge in [0.15, 0.2) is 0 Å². The second kappa shape index (κ2) is 5.04. The van der Waals surface area contributed by atoms with Crippen molar-refractivity contribution in [1.82, 2.24) is 4.98 Å². The summed E-state index contributed by atoms with van der Waals surface area (Å²) in [5, 5.41) is 4.46. The molecule has 0 atom stereocenters. The highest BCUT2D eigenvalue weighted by molar-refractivity contribution is 5.83. The summed E-state index contributed by atoms with van der Waals surface area (Å²) in [6, 6.07) is 8.08. The predicted octanol–water partition coefficient (Wildman–Crippen LogP) is 3.37. The first-order valence-electron chi connectivity index (χ1n) is 5.94. The summed E-state index contributed by atoms with van der Waals surface area (Å²) < 4.78 is 5.21. The second-order valence-corrected chi connectivity index (χ2v) is 4.14. The molecule has 3 heteroatoms. The SMILES string of the molecule is CCCNc1nc2ccc(OC)cc2cc1C. The molecule has 0 aliphatic rings. The zero-order valence-electron chi connectivity index (χ0n) is 10.6. The molecule has 1 aromatic heterocycles. The van der Waals surface area contributed by atoms with Crippen LogP contribution in [0, 0.1) is 6.92 Å². The van der Waals surface area contributed by atoms with Crippen LogP contribution in [0.4, 0.5) is 5.82 Å². The number of rotatable bonds is 4. The average Bonchev–Trinajstić information content (AvgIpc) is 2.35. The maximum absolute atomic E-state index is 5.21. The van der Waals surface area contributed by atoms with Crippen LogP contribution in [-0.2, 0) is 0 Å². The van der Waals surface area contributed by atoms with Gasteiger partial charge in [-0.3, -0.25) is 0 Å². The van der Waals surface area contributed by atoms with Gasteiger partial charge in [-0.05, 0) is 43.2 Å². The molecule has 0 fully saturated rings. The van der Waals surface area contributed by atoms with Gasteiger partial charge in [-0.2, -0.15) is 0 Å². The van der Waals surface area contributed by atoms with Gasteiger partial charge in [0.2, 0.25) is 0 Å². The highest BCUT2D eigenvalue weighted by Gasteiger charge is 2.03. The molecule has 0 radical (unpaired) electrons. The number of hydrogen-bond donors (Lipinski definition) is 1. The fourth-order valence-corrected chi connectivity index (χ4v) is 1.81. The highest BCUT2D eigenvalue weighted by Crippen LogP contribution is 2.23. The Morgan fingerprint density at radius 2 is 2.12 bits per heavy atom. The highest BCUT2D eigenvalue weighted by atomic mass is 16.5. The molecular formula is C14H18N2O. The Hall–Kier alpha value is -1.77. The first-order chi connectivity index (χ1) is 8.24. The molecule has 0 amide bonds. The summed E-state index contributed by atoms with van der Waals surface area (Å²) in [7, 11) is 1.68. The van der Waals surface area contributed by atoms with E-state index in [4.69, 9.17) is 4.74 Å². The second-order valence-electron chi connectivity index (χ2n) is 4.14. The van der Waals surface area contributed by atoms with Gasteiger partial charge in [0.1, 0.15) is 11.6 Å². The van der Waals surface area contributed by atoms with Crippen LogP contribution >= 0.6 is 0 Å². The fourth-order valence-electron chi connectivity index (χ4n) is 1.81. The van der Waals surface area contributed by atoms with E-state index in [1.807, 2.05) is 18.2 Å². The summed E-state index contributed by atoms with van der Waals surface area (Å²) in [5.41, 5.74) is 2.16. The monoisotopic (exact) mass is 230 g/mol. The summed E-state index contributed by atoms with van der Waals surface area (Å²) in [4.78, 5) is 4.62. The van der Waals surface area contributed by atoms with Crippen LogP contribution < -0.4 is 10.1 Å². The van der Waals surface area contributed by atoms with Crippen molar-refractivity contribution in [3.05, 3.63) is 29.8 Å². The number of nitrogens with one attached hydrogen (secondary N) is 1. The van der Waals surface area contributed by atoms with Crippen molar-refractivity contribution in [2.75, 3.05) is 19.0 Å². The Balaban J connectivity index is 2.43. The van der Waals surface area contributed by atoms with E-state index in [0.29, 0.717) is 0 Å². The molecule has 0 aliphatic heterocycles. The topological polar surface area (TPSA) is 34.2 Å². The van der Waals surface area contributed by atoms with Crippen LogP contribution in [0.15, 0.2) is 24.3 Å². The lowest BCUT2D eigenvalue weighted by atomic mass is 10.1. The van der Waals surface area contributed by atoms with Crippen LogP contribution in [0.25, 0.3) is 10.9 Å². The molecule has 0 spiro atoms. The third-order valence-corrected chi connectivity index (χ3v) is 2.75. The number of anilines is 1. The molecule has 0 unspecified atom stereocenters. The van der Waals surface area contributed by atoms with Gasteiger partial charge in [-0.25, -0.2) is 4.98 Å². The number of pyridine rings is 1. The summed E-state index contributed by atoms with van der Waals surface area (Å²) in [6.45, 7) is 5.17. The summed E-state index contributed by atoms with van der Waals surface area (Å²) >= 11 is 0. The lowest BCUT2D eigenvalue weighted by Crippen LogP contribution is -2.03. The number of aryl methyl sites for hydroxylation is 1. The number of ether oxygens (including phenoxy) is 1. The molecule has 17 heavy (non-hydrogen) atoms. The van der Waals surface area contributed by atoms with Crippen molar-refractivity contribution >= 4 is 16.7 Å². The van der Waals surface area contributed by atoms with Crippen LogP contribution in [0.5, 0.6) is 5.75 Å². The third kappa shape index (κ3) is 2.49. The molecular weight excluding hydrogens is 212 g/mol. The molecule has 0 aliphatic carbocycles. The number of fused-ring (bicyclic) bond motifs is 1. The third-order valence-electron chi connectivity index (χ3n) is 2.75. The number of methoxy groups -OCH3 is 1. The Labute approximate surface area is 102 Å². The van der Waals surface area contributed by atoms with Crippen molar-refractivity contribution in [3.63, 3.8) is 0 Å². The molecule has 3 nitrogen and oxygen atoms in total. The molecule has 1 N–H and O–H groups in total. The Kier molecular flexibility index (Phi) is 3.47. The van der Waals surface area contributed by atoms with Crippen LogP contribution in [0.3, 0.4) is 0 Å². The Bertz CT molecular complexity index is 523. The van der Waals surface area contributed by atoms with Gasteiger partial charge in [-0.1, -0.05) is 6.92 Å². The van der Waals surface area contributed by atoms with E-state index in [1.54, 1.807) is 7.11 Å². The van der Waals surface area contributed by atoms with Crippen molar-refractivity contribution in [2.24, 2.45) is 0 Å². The fraction of sp³-hybridized carbons (Fsp3) is 0.357. The minimum absolute atomic E-state index is 0.868. The Morgan fingerprint density at radius 1 is 1.29 bits per heavy atom. The number of aromatic nitrogens is 1. The van der Waals surface area contributed by atoms with E-state index in [1.165, 1.54) is 5.56 Å². The van der Waals surface area contributed by atoms with Gasteiger partial charge >= 0.3 is 0 Å². The summed E-state index contributed by atoms with van der Waals surface area (Å²) in [6.07, 6.45) is 1.10. The number of benzene rings is 1. The van der Waals surface area contributed by atoms with E-state index < -0.39 is 0 Å². The van der Waals surface area contributed by atoms with Gasteiger partial charge in [0.05, 0.1) is 12.6 Å². The molecule has 2 rings (SSSR count). The first-order valence-corrected chi connectivity index (χ1v) is 5.94. The van der Waals surface area contributed by atoms with E-state index in [0.717, 1.165) is 35.4 Å². The van der Waals surface area contributed by atoms with Gasteiger partial charge in [-0.15, -0.1) is 0 Å². The van der Waals surface area contributed by atoms with Crippen molar-refractivity contribution in [1.29, 1.82) is 0 Å². The van der Waals surface area contributed by atoms with E-state index in [9.17, 15) is 0 Å². The predicted molar refractivity (Wildman–Crippen MR) is 71.8 cm³/mol. The van der Waals surface area contributed by atoms with Crippen molar-refractivity contribution in [2.45, 2.75) is 20.3 Å². The molecule has 2 aromatic rings. The molecule has 0 saturated heterocycles. The quantitative estimate of drug-likeness (QED) is 0.874. The van der Waals surface area contributed by atoms with Gasteiger partial charge < -0.3 is 10.1 Å². The molecule has 1 heterocycles. The molecule has 1 aromatic carbocycles. The summed E-state index contributed by atoms with van der Waals surface area (Å²) in [5.74, 6) is 1.84. The van der Waals surface area contributed by atoms with E-state index in [2.05, 4.69) is 30.2 Å².